The van der Waals surface area contributed by atoms with Crippen LogP contribution in [0.2, 0.25) is 0 Å². The Morgan fingerprint density at radius 1 is 1.00 bits per heavy atom. The zero-order valence-corrected chi connectivity index (χ0v) is 14.3. The second kappa shape index (κ2) is 8.63. The zero-order valence-electron chi connectivity index (χ0n) is 14.3. The Balaban J connectivity index is 1.63. The van der Waals surface area contributed by atoms with E-state index in [0.29, 0.717) is 0 Å². The van der Waals surface area contributed by atoms with E-state index in [-0.39, 0.29) is 12.0 Å². The molecular formula is C22H24O3. The first kappa shape index (κ1) is 17.4. The van der Waals surface area contributed by atoms with Gasteiger partial charge in [-0.3, -0.25) is 0 Å². The molecule has 3 atom stereocenters. The van der Waals surface area contributed by atoms with Gasteiger partial charge in [0.1, 0.15) is 6.10 Å². The molecule has 130 valence electrons. The molecule has 1 aliphatic carbocycles. The highest BCUT2D eigenvalue weighted by Crippen LogP contribution is 2.35. The Kier molecular flexibility index (Phi) is 6.02. The van der Waals surface area contributed by atoms with Crippen LogP contribution in [0.25, 0.3) is 6.08 Å². The van der Waals surface area contributed by atoms with Gasteiger partial charge < -0.3 is 9.84 Å². The molecule has 0 spiro atoms. The number of carbonyl (C=O) groups is 1. The summed E-state index contributed by atoms with van der Waals surface area (Å²) in [5, 5.41) is 10.1. The molecule has 0 amide bonds. The first-order valence-electron chi connectivity index (χ1n) is 8.91. The van der Waals surface area contributed by atoms with E-state index in [1.54, 1.807) is 6.08 Å². The van der Waals surface area contributed by atoms with Crippen LogP contribution in [0, 0.1) is 0 Å². The monoisotopic (exact) mass is 336 g/mol. The molecule has 1 N–H and O–H groups in total. The molecule has 3 nitrogen and oxygen atoms in total. The quantitative estimate of drug-likeness (QED) is 0.827. The zero-order chi connectivity index (χ0) is 17.5. The van der Waals surface area contributed by atoms with Crippen molar-refractivity contribution in [1.82, 2.24) is 0 Å². The van der Waals surface area contributed by atoms with E-state index >= 15 is 0 Å². The normalized spacial score (nSPS) is 21.8. The van der Waals surface area contributed by atoms with Gasteiger partial charge in [0.25, 0.3) is 0 Å². The standard InChI is InChI=1S/C22H24O3/c23-20(16-15-17-9-3-1-4-10-17)22(24)25-21-14-8-7-13-19(21)18-11-5-2-6-12-18/h1-6,9-12,15-16,19-21,23H,7-8,13-14H2/b16-15+/t19-,20+,21+/m0/s1. The lowest BCUT2D eigenvalue weighted by molar-refractivity contribution is -0.159. The van der Waals surface area contributed by atoms with Gasteiger partial charge in [-0.15, -0.1) is 0 Å². The number of aliphatic hydroxyl groups is 1. The highest BCUT2D eigenvalue weighted by atomic mass is 16.6. The molecule has 1 fully saturated rings. The molecule has 0 unspecified atom stereocenters. The maximum Gasteiger partial charge on any atom is 0.339 e. The van der Waals surface area contributed by atoms with Crippen LogP contribution in [-0.4, -0.2) is 23.3 Å². The lowest BCUT2D eigenvalue weighted by atomic mass is 9.81. The predicted octanol–water partition coefficient (Wildman–Crippen LogP) is 4.33. The minimum atomic E-state index is -1.24. The van der Waals surface area contributed by atoms with Crippen molar-refractivity contribution in [2.75, 3.05) is 0 Å². The Hall–Kier alpha value is -2.39. The number of hydrogen-bond acceptors (Lipinski definition) is 3. The number of esters is 1. The Bertz CT molecular complexity index is 694. The number of aliphatic hydroxyl groups excluding tert-OH is 1. The highest BCUT2D eigenvalue weighted by Gasteiger charge is 2.30. The summed E-state index contributed by atoms with van der Waals surface area (Å²) in [5.74, 6) is -0.357. The van der Waals surface area contributed by atoms with Crippen molar-refractivity contribution in [1.29, 1.82) is 0 Å². The molecular weight excluding hydrogens is 312 g/mol. The molecule has 1 aliphatic rings. The molecule has 0 bridgehead atoms. The lowest BCUT2D eigenvalue weighted by Gasteiger charge is -2.31. The first-order valence-corrected chi connectivity index (χ1v) is 8.91. The molecule has 3 rings (SSSR count). The van der Waals surface area contributed by atoms with Gasteiger partial charge in [0.05, 0.1) is 0 Å². The minimum Gasteiger partial charge on any atom is -0.460 e. The van der Waals surface area contributed by atoms with Gasteiger partial charge in [0.15, 0.2) is 6.10 Å². The van der Waals surface area contributed by atoms with Crippen molar-refractivity contribution in [3.63, 3.8) is 0 Å². The number of rotatable bonds is 5. The number of ether oxygens (including phenoxy) is 1. The molecule has 0 heterocycles. The van der Waals surface area contributed by atoms with E-state index < -0.39 is 12.1 Å². The molecule has 3 heteroatoms. The van der Waals surface area contributed by atoms with Crippen molar-refractivity contribution < 1.29 is 14.6 Å². The second-order valence-electron chi connectivity index (χ2n) is 6.49. The summed E-state index contributed by atoms with van der Waals surface area (Å²) < 4.78 is 5.67. The average molecular weight is 336 g/mol. The summed E-state index contributed by atoms with van der Waals surface area (Å²) in [6.07, 6.45) is 5.88. The van der Waals surface area contributed by atoms with Crippen LogP contribution in [0.1, 0.15) is 42.7 Å². The third-order valence-electron chi connectivity index (χ3n) is 4.71. The summed E-state index contributed by atoms with van der Waals surface area (Å²) in [6.45, 7) is 0. The maximum absolute atomic E-state index is 12.3. The Morgan fingerprint density at radius 3 is 2.36 bits per heavy atom. The summed E-state index contributed by atoms with van der Waals surface area (Å²) in [5.41, 5.74) is 2.14. The van der Waals surface area contributed by atoms with Gasteiger partial charge >= 0.3 is 5.97 Å². The van der Waals surface area contributed by atoms with Crippen LogP contribution in [0.5, 0.6) is 0 Å². The molecule has 25 heavy (non-hydrogen) atoms. The van der Waals surface area contributed by atoms with Gasteiger partial charge in [0.2, 0.25) is 0 Å². The summed E-state index contributed by atoms with van der Waals surface area (Å²) >= 11 is 0. The highest BCUT2D eigenvalue weighted by molar-refractivity contribution is 5.78. The fraction of sp³-hybridized carbons (Fsp3) is 0.318. The Morgan fingerprint density at radius 2 is 1.64 bits per heavy atom. The van der Waals surface area contributed by atoms with E-state index in [9.17, 15) is 9.90 Å². The van der Waals surface area contributed by atoms with E-state index in [4.69, 9.17) is 4.74 Å². The smallest absolute Gasteiger partial charge is 0.339 e. The lowest BCUT2D eigenvalue weighted by Crippen LogP contribution is -2.32. The summed E-state index contributed by atoms with van der Waals surface area (Å²) in [7, 11) is 0. The summed E-state index contributed by atoms with van der Waals surface area (Å²) in [6, 6.07) is 19.8. The van der Waals surface area contributed by atoms with Gasteiger partial charge in [-0.25, -0.2) is 4.79 Å². The molecule has 2 aromatic rings. The first-order chi connectivity index (χ1) is 12.2. The molecule has 2 aromatic carbocycles. The third kappa shape index (κ3) is 4.80. The largest absolute Gasteiger partial charge is 0.460 e. The fourth-order valence-corrected chi connectivity index (χ4v) is 3.38. The van der Waals surface area contributed by atoms with E-state index in [1.807, 2.05) is 48.5 Å². The molecule has 1 saturated carbocycles. The van der Waals surface area contributed by atoms with Crippen LogP contribution in [0.15, 0.2) is 66.7 Å². The van der Waals surface area contributed by atoms with E-state index in [0.717, 1.165) is 31.2 Å². The Labute approximate surface area is 149 Å². The van der Waals surface area contributed by atoms with Crippen LogP contribution in [0.3, 0.4) is 0 Å². The van der Waals surface area contributed by atoms with E-state index in [1.165, 1.54) is 11.6 Å². The SMILES string of the molecule is O=C(O[C@@H]1CCCC[C@H]1c1ccccc1)[C@H](O)/C=C/c1ccccc1. The number of carbonyl (C=O) groups excluding carboxylic acids is 1. The predicted molar refractivity (Wildman–Crippen MR) is 99.0 cm³/mol. The average Bonchev–Trinajstić information content (AvgIpc) is 2.68. The maximum atomic E-state index is 12.3. The molecule has 0 saturated heterocycles. The van der Waals surface area contributed by atoms with Crippen molar-refractivity contribution in [3.8, 4) is 0 Å². The topological polar surface area (TPSA) is 46.5 Å². The molecule has 0 radical (unpaired) electrons. The number of hydrogen-bond donors (Lipinski definition) is 1. The second-order valence-corrected chi connectivity index (χ2v) is 6.49. The van der Waals surface area contributed by atoms with Gasteiger partial charge in [-0.2, -0.15) is 0 Å². The van der Waals surface area contributed by atoms with Crippen LogP contribution in [-0.2, 0) is 9.53 Å². The van der Waals surface area contributed by atoms with Crippen LogP contribution in [0.4, 0.5) is 0 Å². The van der Waals surface area contributed by atoms with Crippen molar-refractivity contribution >= 4 is 12.0 Å². The minimum absolute atomic E-state index is 0.163. The van der Waals surface area contributed by atoms with Crippen molar-refractivity contribution in [3.05, 3.63) is 77.9 Å². The molecule has 0 aliphatic heterocycles. The number of benzene rings is 2. The van der Waals surface area contributed by atoms with Crippen LogP contribution >= 0.6 is 0 Å². The van der Waals surface area contributed by atoms with E-state index in [2.05, 4.69) is 12.1 Å². The van der Waals surface area contributed by atoms with Crippen molar-refractivity contribution in [2.45, 2.75) is 43.8 Å². The van der Waals surface area contributed by atoms with Crippen LogP contribution < -0.4 is 0 Å². The third-order valence-corrected chi connectivity index (χ3v) is 4.71. The molecule has 0 aromatic heterocycles. The summed E-state index contributed by atoms with van der Waals surface area (Å²) in [4.78, 5) is 12.3. The van der Waals surface area contributed by atoms with Gasteiger partial charge in [0, 0.05) is 5.92 Å². The van der Waals surface area contributed by atoms with Crippen molar-refractivity contribution in [2.24, 2.45) is 0 Å². The van der Waals surface area contributed by atoms with Gasteiger partial charge in [-0.1, -0.05) is 73.2 Å². The fourth-order valence-electron chi connectivity index (χ4n) is 3.38. The van der Waals surface area contributed by atoms with Gasteiger partial charge in [-0.05, 0) is 36.5 Å².